The minimum absolute atomic E-state index is 0.0988. The lowest BCUT2D eigenvalue weighted by atomic mass is 10.2. The predicted octanol–water partition coefficient (Wildman–Crippen LogP) is 1.87. The summed E-state index contributed by atoms with van der Waals surface area (Å²) in [6.45, 7) is 0.621. The predicted molar refractivity (Wildman–Crippen MR) is 76.5 cm³/mol. The van der Waals surface area contributed by atoms with Crippen molar-refractivity contribution in [3.05, 3.63) is 21.8 Å². The minimum atomic E-state index is -0.164. The van der Waals surface area contributed by atoms with E-state index in [0.29, 0.717) is 13.0 Å². The van der Waals surface area contributed by atoms with E-state index in [9.17, 15) is 4.79 Å². The van der Waals surface area contributed by atoms with Crippen molar-refractivity contribution < 1.29 is 14.4 Å². The first kappa shape index (κ1) is 13.4. The molecule has 5 nitrogen and oxygen atoms in total. The van der Waals surface area contributed by atoms with E-state index in [1.165, 1.54) is 12.2 Å². The van der Waals surface area contributed by atoms with Gasteiger partial charge in [-0.25, -0.2) is 5.06 Å². The molecule has 0 aliphatic carbocycles. The summed E-state index contributed by atoms with van der Waals surface area (Å²) < 4.78 is 6.93. The lowest BCUT2D eigenvalue weighted by Crippen LogP contribution is -2.37. The van der Waals surface area contributed by atoms with E-state index < -0.39 is 0 Å². The van der Waals surface area contributed by atoms with Crippen LogP contribution in [0.4, 0.5) is 5.69 Å². The Labute approximate surface area is 120 Å². The van der Waals surface area contributed by atoms with Gasteiger partial charge in [0.2, 0.25) is 5.91 Å². The number of hydroxylamine groups is 2. The molecule has 0 radical (unpaired) electrons. The number of hydrogen-bond acceptors (Lipinski definition) is 4. The third-order valence-electron chi connectivity index (χ3n) is 2.78. The zero-order chi connectivity index (χ0) is 13.1. The summed E-state index contributed by atoms with van der Waals surface area (Å²) in [6, 6.07) is 5.92. The molecular formula is C12H15IN2O3. The van der Waals surface area contributed by atoms with E-state index in [1.807, 2.05) is 18.2 Å². The van der Waals surface area contributed by atoms with Crippen molar-refractivity contribution >= 4 is 34.2 Å². The molecule has 0 unspecified atom stereocenters. The summed E-state index contributed by atoms with van der Waals surface area (Å²) in [7, 11) is 3.06. The first-order valence-electron chi connectivity index (χ1n) is 5.61. The highest BCUT2D eigenvalue weighted by Gasteiger charge is 2.23. The van der Waals surface area contributed by atoms with Crippen LogP contribution < -0.4 is 10.1 Å². The maximum atomic E-state index is 11.7. The molecular weight excluding hydrogens is 347 g/mol. The van der Waals surface area contributed by atoms with Gasteiger partial charge in [0.1, 0.15) is 11.9 Å². The third kappa shape index (κ3) is 3.05. The maximum Gasteiger partial charge on any atom is 0.249 e. The number of fused-ring (bicyclic) bond motifs is 1. The average molecular weight is 362 g/mol. The van der Waals surface area contributed by atoms with Crippen LogP contribution in [-0.4, -0.2) is 37.8 Å². The Morgan fingerprint density at radius 3 is 3.17 bits per heavy atom. The highest BCUT2D eigenvalue weighted by molar-refractivity contribution is 14.1. The standard InChI is InChI=1S/C12H15IN2O3/c1-15(17-2)12(16)6-9-7-14-10-5-8(13)3-4-11(10)18-9/h3-5,9,14H,6-7H2,1-2H3/t9-/m0/s1. The molecule has 0 fully saturated rings. The number of carbonyl (C=O) groups is 1. The lowest BCUT2D eigenvalue weighted by molar-refractivity contribution is -0.170. The van der Waals surface area contributed by atoms with Gasteiger partial charge in [-0.05, 0) is 40.8 Å². The fraction of sp³-hybridized carbons (Fsp3) is 0.417. The number of ether oxygens (including phenoxy) is 1. The van der Waals surface area contributed by atoms with Crippen LogP contribution >= 0.6 is 22.6 Å². The van der Waals surface area contributed by atoms with Crippen LogP contribution in [0.1, 0.15) is 6.42 Å². The molecule has 0 bridgehead atoms. The Morgan fingerprint density at radius 1 is 1.67 bits per heavy atom. The van der Waals surface area contributed by atoms with Gasteiger partial charge in [-0.3, -0.25) is 9.63 Å². The van der Waals surface area contributed by atoms with E-state index in [0.717, 1.165) is 15.0 Å². The van der Waals surface area contributed by atoms with Gasteiger partial charge in [0.25, 0.3) is 0 Å². The van der Waals surface area contributed by atoms with Gasteiger partial charge >= 0.3 is 0 Å². The molecule has 1 atom stereocenters. The highest BCUT2D eigenvalue weighted by atomic mass is 127. The van der Waals surface area contributed by atoms with Gasteiger partial charge in [-0.1, -0.05) is 0 Å². The molecule has 98 valence electrons. The number of benzene rings is 1. The quantitative estimate of drug-likeness (QED) is 0.659. The van der Waals surface area contributed by atoms with Crippen LogP contribution in [0.5, 0.6) is 5.75 Å². The first-order chi connectivity index (χ1) is 8.60. The number of amides is 1. The number of carbonyl (C=O) groups excluding carboxylic acids is 1. The normalized spacial score (nSPS) is 17.4. The third-order valence-corrected chi connectivity index (χ3v) is 3.45. The second-order valence-electron chi connectivity index (χ2n) is 4.04. The number of nitrogens with zero attached hydrogens (tertiary/aromatic N) is 1. The monoisotopic (exact) mass is 362 g/mol. The van der Waals surface area contributed by atoms with Gasteiger partial charge in [0, 0.05) is 10.6 Å². The van der Waals surface area contributed by atoms with Crippen molar-refractivity contribution in [2.45, 2.75) is 12.5 Å². The molecule has 1 amide bonds. The Kier molecular flexibility index (Phi) is 4.28. The summed E-state index contributed by atoms with van der Waals surface area (Å²) in [5.41, 5.74) is 0.977. The zero-order valence-electron chi connectivity index (χ0n) is 10.3. The molecule has 1 heterocycles. The molecule has 0 saturated heterocycles. The van der Waals surface area contributed by atoms with Crippen LogP contribution in [0.2, 0.25) is 0 Å². The van der Waals surface area contributed by atoms with Crippen molar-refractivity contribution in [2.24, 2.45) is 0 Å². The van der Waals surface area contributed by atoms with Crippen molar-refractivity contribution in [1.29, 1.82) is 0 Å². The van der Waals surface area contributed by atoms with Crippen molar-refractivity contribution in [3.63, 3.8) is 0 Å². The molecule has 1 aliphatic heterocycles. The molecule has 1 N–H and O–H groups in total. The Bertz CT molecular complexity index is 453. The van der Waals surface area contributed by atoms with E-state index in [4.69, 9.17) is 9.57 Å². The highest BCUT2D eigenvalue weighted by Crippen LogP contribution is 2.31. The molecule has 0 spiro atoms. The SMILES string of the molecule is CON(C)C(=O)C[C@H]1CNc2cc(I)ccc2O1. The smallest absolute Gasteiger partial charge is 0.249 e. The summed E-state index contributed by atoms with van der Waals surface area (Å²) in [5, 5.41) is 4.49. The van der Waals surface area contributed by atoms with Crippen molar-refractivity contribution in [1.82, 2.24) is 5.06 Å². The largest absolute Gasteiger partial charge is 0.486 e. The van der Waals surface area contributed by atoms with Crippen LogP contribution in [0.25, 0.3) is 0 Å². The molecule has 1 aromatic carbocycles. The maximum absolute atomic E-state index is 11.7. The number of nitrogens with one attached hydrogen (secondary N) is 1. The zero-order valence-corrected chi connectivity index (χ0v) is 12.4. The van der Waals surface area contributed by atoms with Gasteiger partial charge in [-0.2, -0.15) is 0 Å². The topological polar surface area (TPSA) is 50.8 Å². The summed E-state index contributed by atoms with van der Waals surface area (Å²) in [5.74, 6) is 0.692. The Balaban J connectivity index is 2.00. The van der Waals surface area contributed by atoms with E-state index in [2.05, 4.69) is 27.9 Å². The van der Waals surface area contributed by atoms with E-state index in [1.54, 1.807) is 7.05 Å². The van der Waals surface area contributed by atoms with Crippen molar-refractivity contribution in [3.8, 4) is 5.75 Å². The van der Waals surface area contributed by atoms with E-state index in [-0.39, 0.29) is 12.0 Å². The number of anilines is 1. The van der Waals surface area contributed by atoms with Gasteiger partial charge < -0.3 is 10.1 Å². The van der Waals surface area contributed by atoms with Crippen LogP contribution in [0.3, 0.4) is 0 Å². The first-order valence-corrected chi connectivity index (χ1v) is 6.68. The molecule has 1 aliphatic rings. The van der Waals surface area contributed by atoms with Crippen LogP contribution in [-0.2, 0) is 9.63 Å². The fourth-order valence-corrected chi connectivity index (χ4v) is 2.22. The molecule has 2 rings (SSSR count). The minimum Gasteiger partial charge on any atom is -0.486 e. The fourth-order valence-electron chi connectivity index (χ4n) is 1.73. The molecule has 0 aromatic heterocycles. The molecule has 1 aromatic rings. The van der Waals surface area contributed by atoms with Crippen molar-refractivity contribution in [2.75, 3.05) is 26.0 Å². The second-order valence-corrected chi connectivity index (χ2v) is 5.28. The Hall–Kier alpha value is -1.02. The summed E-state index contributed by atoms with van der Waals surface area (Å²) in [4.78, 5) is 16.5. The van der Waals surface area contributed by atoms with E-state index >= 15 is 0 Å². The number of rotatable bonds is 3. The van der Waals surface area contributed by atoms with Crippen LogP contribution in [0.15, 0.2) is 18.2 Å². The molecule has 6 heteroatoms. The summed E-state index contributed by atoms with van der Waals surface area (Å²) in [6.07, 6.45) is 0.130. The average Bonchev–Trinajstić information content (AvgIpc) is 2.38. The lowest BCUT2D eigenvalue weighted by Gasteiger charge is -2.28. The molecule has 0 saturated carbocycles. The Morgan fingerprint density at radius 2 is 2.44 bits per heavy atom. The van der Waals surface area contributed by atoms with Gasteiger partial charge in [-0.15, -0.1) is 0 Å². The van der Waals surface area contributed by atoms with Gasteiger partial charge in [0.15, 0.2) is 0 Å². The van der Waals surface area contributed by atoms with Gasteiger partial charge in [0.05, 0.1) is 25.8 Å². The summed E-state index contributed by atoms with van der Waals surface area (Å²) >= 11 is 2.25. The number of halogens is 1. The molecule has 18 heavy (non-hydrogen) atoms. The number of hydrogen-bond donors (Lipinski definition) is 1. The second kappa shape index (κ2) is 5.75. The van der Waals surface area contributed by atoms with Crippen LogP contribution in [0, 0.1) is 3.57 Å².